The average Bonchev–Trinajstić information content (AvgIpc) is 3.11. The quantitative estimate of drug-likeness (QED) is 0.494. The monoisotopic (exact) mass is 419 g/mol. The molecule has 6 nitrogen and oxygen atoms in total. The van der Waals surface area contributed by atoms with Gasteiger partial charge in [-0.05, 0) is 43.5 Å². The standard InChI is InChI=1S/C20H22ClN3O3S/c1-4-7-27-18-16(21)8-13(9-17(18)26-6-3)11-23-24-12-22-19-15(20(24)25)10-14(5-2)28-19/h8-12H,4-7H2,1-3H3/b23-11-. The molecule has 0 unspecified atom stereocenters. The molecule has 0 aliphatic heterocycles. The number of hydrogen-bond acceptors (Lipinski definition) is 6. The third kappa shape index (κ3) is 4.36. The van der Waals surface area contributed by atoms with Crippen LogP contribution in [0.25, 0.3) is 10.2 Å². The van der Waals surface area contributed by atoms with Gasteiger partial charge in [0, 0.05) is 4.88 Å². The molecule has 0 atom stereocenters. The molecule has 0 radical (unpaired) electrons. The van der Waals surface area contributed by atoms with Crippen LogP contribution in [0.4, 0.5) is 0 Å². The molecular weight excluding hydrogens is 398 g/mol. The van der Waals surface area contributed by atoms with E-state index >= 15 is 0 Å². The van der Waals surface area contributed by atoms with Gasteiger partial charge in [0.25, 0.3) is 5.56 Å². The Kier molecular flexibility index (Phi) is 6.70. The van der Waals surface area contributed by atoms with E-state index in [-0.39, 0.29) is 5.56 Å². The third-order valence-corrected chi connectivity index (χ3v) is 5.42. The van der Waals surface area contributed by atoms with Crippen LogP contribution in [0.1, 0.15) is 37.6 Å². The maximum Gasteiger partial charge on any atom is 0.282 e. The molecule has 0 saturated carbocycles. The zero-order valence-corrected chi connectivity index (χ0v) is 17.6. The van der Waals surface area contributed by atoms with Crippen LogP contribution in [0.5, 0.6) is 11.5 Å². The fraction of sp³-hybridized carbons (Fsp3) is 0.350. The minimum atomic E-state index is -0.198. The highest BCUT2D eigenvalue weighted by Crippen LogP contribution is 2.36. The number of halogens is 1. The number of hydrogen-bond donors (Lipinski definition) is 0. The van der Waals surface area contributed by atoms with Gasteiger partial charge in [-0.15, -0.1) is 11.3 Å². The second-order valence-corrected chi connectivity index (χ2v) is 7.56. The van der Waals surface area contributed by atoms with E-state index in [0.717, 1.165) is 22.5 Å². The predicted molar refractivity (Wildman–Crippen MR) is 115 cm³/mol. The highest BCUT2D eigenvalue weighted by atomic mass is 35.5. The lowest BCUT2D eigenvalue weighted by molar-refractivity contribution is 0.277. The van der Waals surface area contributed by atoms with Gasteiger partial charge in [-0.25, -0.2) is 4.98 Å². The van der Waals surface area contributed by atoms with Crippen molar-refractivity contribution < 1.29 is 9.47 Å². The SMILES string of the molecule is CCCOc1c(Cl)cc(/C=N\n2cnc3sc(CC)cc3c2=O)cc1OCC. The number of rotatable bonds is 8. The topological polar surface area (TPSA) is 65.7 Å². The first-order valence-electron chi connectivity index (χ1n) is 9.20. The highest BCUT2D eigenvalue weighted by molar-refractivity contribution is 7.18. The smallest absolute Gasteiger partial charge is 0.282 e. The van der Waals surface area contributed by atoms with Crippen LogP contribution in [-0.2, 0) is 6.42 Å². The Labute approximate surface area is 172 Å². The summed E-state index contributed by atoms with van der Waals surface area (Å²) in [4.78, 5) is 18.8. The molecule has 0 amide bonds. The maximum absolute atomic E-state index is 12.6. The fourth-order valence-corrected chi connectivity index (χ4v) is 3.82. The van der Waals surface area contributed by atoms with Gasteiger partial charge in [-0.2, -0.15) is 9.78 Å². The second kappa shape index (κ2) is 9.21. The van der Waals surface area contributed by atoms with Gasteiger partial charge in [-0.3, -0.25) is 4.79 Å². The molecule has 0 saturated heterocycles. The molecule has 0 bridgehead atoms. The van der Waals surface area contributed by atoms with Crippen molar-refractivity contribution in [2.45, 2.75) is 33.6 Å². The van der Waals surface area contributed by atoms with Gasteiger partial charge in [0.15, 0.2) is 11.5 Å². The Morgan fingerprint density at radius 3 is 2.79 bits per heavy atom. The number of benzene rings is 1. The van der Waals surface area contributed by atoms with Gasteiger partial charge in [0.05, 0.1) is 29.8 Å². The van der Waals surface area contributed by atoms with Crippen LogP contribution >= 0.6 is 22.9 Å². The van der Waals surface area contributed by atoms with Crippen molar-refractivity contribution in [1.29, 1.82) is 0 Å². The molecule has 3 aromatic rings. The molecule has 3 rings (SSSR count). The lowest BCUT2D eigenvalue weighted by atomic mass is 10.2. The summed E-state index contributed by atoms with van der Waals surface area (Å²) in [5.41, 5.74) is 0.500. The molecule has 8 heteroatoms. The summed E-state index contributed by atoms with van der Waals surface area (Å²) < 4.78 is 12.6. The summed E-state index contributed by atoms with van der Waals surface area (Å²) in [6, 6.07) is 5.40. The van der Waals surface area contributed by atoms with Crippen molar-refractivity contribution in [3.05, 3.63) is 50.3 Å². The molecule has 28 heavy (non-hydrogen) atoms. The van der Waals surface area contributed by atoms with Crippen molar-refractivity contribution >= 4 is 39.4 Å². The molecule has 148 valence electrons. The number of nitrogens with zero attached hydrogens (tertiary/aromatic N) is 3. The van der Waals surface area contributed by atoms with Gasteiger partial charge >= 0.3 is 0 Å². The van der Waals surface area contributed by atoms with E-state index in [1.54, 1.807) is 18.3 Å². The first-order valence-corrected chi connectivity index (χ1v) is 10.4. The Morgan fingerprint density at radius 2 is 2.07 bits per heavy atom. The summed E-state index contributed by atoms with van der Waals surface area (Å²) in [5.74, 6) is 1.07. The first kappa shape index (κ1) is 20.4. The number of aromatic nitrogens is 2. The van der Waals surface area contributed by atoms with Gasteiger partial charge in [-0.1, -0.05) is 25.4 Å². The molecule has 2 aromatic heterocycles. The van der Waals surface area contributed by atoms with E-state index in [1.165, 1.54) is 22.3 Å². The van der Waals surface area contributed by atoms with E-state index in [9.17, 15) is 4.79 Å². The van der Waals surface area contributed by atoms with Crippen molar-refractivity contribution in [1.82, 2.24) is 9.66 Å². The number of thiophene rings is 1. The fourth-order valence-electron chi connectivity index (χ4n) is 2.62. The lowest BCUT2D eigenvalue weighted by Crippen LogP contribution is -2.16. The predicted octanol–water partition coefficient (Wildman–Crippen LogP) is 4.74. The van der Waals surface area contributed by atoms with Crippen LogP contribution in [0.3, 0.4) is 0 Å². The second-order valence-electron chi connectivity index (χ2n) is 6.04. The van der Waals surface area contributed by atoms with Crippen LogP contribution < -0.4 is 15.0 Å². The molecule has 2 heterocycles. The molecule has 0 aliphatic rings. The normalized spacial score (nSPS) is 11.4. The van der Waals surface area contributed by atoms with E-state index in [1.807, 2.05) is 19.9 Å². The molecule has 0 fully saturated rings. The van der Waals surface area contributed by atoms with Crippen LogP contribution in [0.2, 0.25) is 5.02 Å². The Bertz CT molecular complexity index is 1060. The van der Waals surface area contributed by atoms with E-state index < -0.39 is 0 Å². The number of ether oxygens (including phenoxy) is 2. The maximum atomic E-state index is 12.6. The molecule has 0 N–H and O–H groups in total. The lowest BCUT2D eigenvalue weighted by Gasteiger charge is -2.13. The summed E-state index contributed by atoms with van der Waals surface area (Å²) in [7, 11) is 0. The zero-order chi connectivity index (χ0) is 20.1. The molecular formula is C20H22ClN3O3S. The Balaban J connectivity index is 1.94. The van der Waals surface area contributed by atoms with E-state index in [2.05, 4.69) is 17.0 Å². The van der Waals surface area contributed by atoms with Crippen LogP contribution in [0.15, 0.2) is 34.4 Å². The van der Waals surface area contributed by atoms with Crippen molar-refractivity contribution in [2.24, 2.45) is 5.10 Å². The molecule has 0 aliphatic carbocycles. The highest BCUT2D eigenvalue weighted by Gasteiger charge is 2.12. The molecule has 0 spiro atoms. The van der Waals surface area contributed by atoms with E-state index in [4.69, 9.17) is 21.1 Å². The van der Waals surface area contributed by atoms with Gasteiger partial charge < -0.3 is 9.47 Å². The first-order chi connectivity index (χ1) is 13.6. The summed E-state index contributed by atoms with van der Waals surface area (Å²) in [5, 5.41) is 5.28. The Morgan fingerprint density at radius 1 is 1.25 bits per heavy atom. The minimum absolute atomic E-state index is 0.198. The van der Waals surface area contributed by atoms with Crippen LogP contribution in [0, 0.1) is 0 Å². The number of aryl methyl sites for hydroxylation is 1. The summed E-state index contributed by atoms with van der Waals surface area (Å²) in [6.45, 7) is 7.00. The zero-order valence-electron chi connectivity index (χ0n) is 16.1. The van der Waals surface area contributed by atoms with E-state index in [0.29, 0.717) is 40.7 Å². The molecule has 1 aromatic carbocycles. The summed E-state index contributed by atoms with van der Waals surface area (Å²) >= 11 is 7.90. The van der Waals surface area contributed by atoms with Crippen molar-refractivity contribution in [3.63, 3.8) is 0 Å². The Hall–Kier alpha value is -2.38. The summed E-state index contributed by atoms with van der Waals surface area (Å²) in [6.07, 6.45) is 4.72. The largest absolute Gasteiger partial charge is 0.490 e. The van der Waals surface area contributed by atoms with Gasteiger partial charge in [0.1, 0.15) is 11.2 Å². The van der Waals surface area contributed by atoms with Crippen molar-refractivity contribution in [3.8, 4) is 11.5 Å². The number of fused-ring (bicyclic) bond motifs is 1. The third-order valence-electron chi connectivity index (χ3n) is 3.95. The minimum Gasteiger partial charge on any atom is -0.490 e. The van der Waals surface area contributed by atoms with Crippen LogP contribution in [-0.4, -0.2) is 29.1 Å². The van der Waals surface area contributed by atoms with Gasteiger partial charge in [0.2, 0.25) is 0 Å². The average molecular weight is 420 g/mol. The van der Waals surface area contributed by atoms with Crippen molar-refractivity contribution in [2.75, 3.05) is 13.2 Å².